The molecule has 6 nitrogen and oxygen atoms in total. The van der Waals surface area contributed by atoms with E-state index in [0.29, 0.717) is 23.8 Å². The van der Waals surface area contributed by atoms with Crippen LogP contribution in [-0.2, 0) is 13.1 Å². The zero-order chi connectivity index (χ0) is 21.6. The molecule has 0 aliphatic carbocycles. The summed E-state index contributed by atoms with van der Waals surface area (Å²) in [5.74, 6) is 0.735. The quantitative estimate of drug-likeness (QED) is 0.444. The van der Waals surface area contributed by atoms with Crippen molar-refractivity contribution in [2.75, 3.05) is 12.4 Å². The van der Waals surface area contributed by atoms with Gasteiger partial charge in [0.1, 0.15) is 5.75 Å². The second kappa shape index (κ2) is 9.40. The number of pyridine rings is 2. The van der Waals surface area contributed by atoms with Crippen LogP contribution in [0.1, 0.15) is 11.1 Å². The van der Waals surface area contributed by atoms with Gasteiger partial charge in [0.15, 0.2) is 5.11 Å². The second-order valence-corrected chi connectivity index (χ2v) is 7.48. The zero-order valence-electron chi connectivity index (χ0n) is 17.0. The lowest BCUT2D eigenvalue weighted by Crippen LogP contribution is -2.35. The number of fused-ring (bicyclic) bond motifs is 1. The van der Waals surface area contributed by atoms with Crippen LogP contribution in [0.4, 0.5) is 5.69 Å². The van der Waals surface area contributed by atoms with Crippen molar-refractivity contribution < 1.29 is 4.74 Å². The first-order valence-corrected chi connectivity index (χ1v) is 10.2. The van der Waals surface area contributed by atoms with Crippen molar-refractivity contribution in [3.63, 3.8) is 0 Å². The summed E-state index contributed by atoms with van der Waals surface area (Å²) in [6, 6.07) is 21.1. The van der Waals surface area contributed by atoms with E-state index >= 15 is 0 Å². The van der Waals surface area contributed by atoms with E-state index in [9.17, 15) is 4.79 Å². The number of aromatic nitrogens is 2. The highest BCUT2D eigenvalue weighted by atomic mass is 32.1. The Bertz CT molecular complexity index is 1240. The lowest BCUT2D eigenvalue weighted by molar-refractivity contribution is 0.410. The molecule has 0 saturated carbocycles. The Morgan fingerprint density at radius 3 is 2.68 bits per heavy atom. The Morgan fingerprint density at radius 1 is 1.10 bits per heavy atom. The molecular formula is C24H22N4O2S. The van der Waals surface area contributed by atoms with Gasteiger partial charge in [-0.05, 0) is 60.2 Å². The monoisotopic (exact) mass is 430 g/mol. The number of hydrogen-bond acceptors (Lipinski definition) is 4. The van der Waals surface area contributed by atoms with E-state index in [-0.39, 0.29) is 5.56 Å². The number of anilines is 1. The number of para-hydroxylation sites is 1. The minimum absolute atomic E-state index is 0.142. The van der Waals surface area contributed by atoms with Crippen LogP contribution in [0, 0.1) is 0 Å². The lowest BCUT2D eigenvalue weighted by atomic mass is 10.1. The van der Waals surface area contributed by atoms with E-state index in [1.165, 1.54) is 0 Å². The van der Waals surface area contributed by atoms with Gasteiger partial charge in [0.25, 0.3) is 5.56 Å². The van der Waals surface area contributed by atoms with Crippen molar-refractivity contribution in [2.45, 2.75) is 13.1 Å². The summed E-state index contributed by atoms with van der Waals surface area (Å²) in [7, 11) is 1.62. The molecule has 0 amide bonds. The number of thiocarbonyl (C=S) groups is 1. The molecule has 7 heteroatoms. The predicted molar refractivity (Wildman–Crippen MR) is 127 cm³/mol. The summed E-state index contributed by atoms with van der Waals surface area (Å²) < 4.78 is 5.32. The molecule has 2 N–H and O–H groups in total. The van der Waals surface area contributed by atoms with Gasteiger partial charge in [-0.15, -0.1) is 0 Å². The largest absolute Gasteiger partial charge is 0.497 e. The number of benzene rings is 2. The number of methoxy groups -OCH3 is 1. The van der Waals surface area contributed by atoms with Gasteiger partial charge in [0.2, 0.25) is 0 Å². The molecular weight excluding hydrogens is 408 g/mol. The van der Waals surface area contributed by atoms with Crippen molar-refractivity contribution in [1.29, 1.82) is 0 Å². The molecule has 0 fully saturated rings. The molecule has 0 spiro atoms. The van der Waals surface area contributed by atoms with E-state index in [1.807, 2.05) is 71.6 Å². The van der Waals surface area contributed by atoms with Gasteiger partial charge >= 0.3 is 0 Å². The van der Waals surface area contributed by atoms with Crippen LogP contribution in [0.25, 0.3) is 10.9 Å². The Balaban J connectivity index is 1.65. The number of aromatic amines is 1. The summed E-state index contributed by atoms with van der Waals surface area (Å²) in [5, 5.41) is 4.69. The lowest BCUT2D eigenvalue weighted by Gasteiger charge is -2.26. The highest BCUT2D eigenvalue weighted by Crippen LogP contribution is 2.20. The highest BCUT2D eigenvalue weighted by molar-refractivity contribution is 7.80. The molecule has 0 aliphatic rings. The van der Waals surface area contributed by atoms with Crippen LogP contribution in [0.3, 0.4) is 0 Å². The molecule has 0 radical (unpaired) electrons. The third kappa shape index (κ3) is 5.07. The van der Waals surface area contributed by atoms with Crippen molar-refractivity contribution in [3.05, 3.63) is 101 Å². The Kier molecular flexibility index (Phi) is 6.24. The summed E-state index contributed by atoms with van der Waals surface area (Å²) >= 11 is 5.70. The van der Waals surface area contributed by atoms with Crippen LogP contribution in [0.15, 0.2) is 83.9 Å². The number of hydrogen-bond donors (Lipinski definition) is 2. The van der Waals surface area contributed by atoms with Crippen molar-refractivity contribution in [2.24, 2.45) is 0 Å². The second-order valence-electron chi connectivity index (χ2n) is 7.09. The maximum Gasteiger partial charge on any atom is 0.253 e. The van der Waals surface area contributed by atoms with Crippen molar-refractivity contribution in [1.82, 2.24) is 14.9 Å². The smallest absolute Gasteiger partial charge is 0.253 e. The first kappa shape index (κ1) is 20.6. The van der Waals surface area contributed by atoms with Crippen molar-refractivity contribution >= 4 is 33.9 Å². The van der Waals surface area contributed by atoms with E-state index in [0.717, 1.165) is 27.9 Å². The van der Waals surface area contributed by atoms with Gasteiger partial charge < -0.3 is 19.9 Å². The topological polar surface area (TPSA) is 70.2 Å². The van der Waals surface area contributed by atoms with Crippen LogP contribution in [0.2, 0.25) is 0 Å². The van der Waals surface area contributed by atoms with Crippen LogP contribution in [-0.4, -0.2) is 27.1 Å². The molecule has 2 aromatic heterocycles. The van der Waals surface area contributed by atoms with E-state index in [4.69, 9.17) is 17.0 Å². The first-order valence-electron chi connectivity index (χ1n) is 9.82. The van der Waals surface area contributed by atoms with Crippen LogP contribution >= 0.6 is 12.2 Å². The summed E-state index contributed by atoms with van der Waals surface area (Å²) in [6.07, 6.45) is 3.53. The van der Waals surface area contributed by atoms with E-state index in [2.05, 4.69) is 15.3 Å². The molecule has 156 valence electrons. The summed E-state index contributed by atoms with van der Waals surface area (Å²) in [4.78, 5) is 21.9. The minimum Gasteiger partial charge on any atom is -0.497 e. The highest BCUT2D eigenvalue weighted by Gasteiger charge is 2.15. The molecule has 0 saturated heterocycles. The van der Waals surface area contributed by atoms with Gasteiger partial charge in [-0.2, -0.15) is 0 Å². The average Bonchev–Trinajstić information content (AvgIpc) is 2.80. The third-order valence-corrected chi connectivity index (χ3v) is 5.26. The fourth-order valence-corrected chi connectivity index (χ4v) is 3.56. The zero-order valence-corrected chi connectivity index (χ0v) is 17.9. The van der Waals surface area contributed by atoms with E-state index in [1.54, 1.807) is 19.5 Å². The SMILES string of the molecule is COc1ccc2[nH]c(=O)c(CN(Cc3cccnc3)C(=S)Nc3ccccc3)cc2c1. The molecule has 2 heterocycles. The average molecular weight is 431 g/mol. The number of rotatable bonds is 6. The third-order valence-electron chi connectivity index (χ3n) is 4.90. The molecule has 4 aromatic rings. The molecule has 0 unspecified atom stereocenters. The number of nitrogens with zero attached hydrogens (tertiary/aromatic N) is 2. The summed E-state index contributed by atoms with van der Waals surface area (Å²) in [6.45, 7) is 0.859. The van der Waals surface area contributed by atoms with Crippen LogP contribution in [0.5, 0.6) is 5.75 Å². The fourth-order valence-electron chi connectivity index (χ4n) is 3.32. The van der Waals surface area contributed by atoms with Gasteiger partial charge in [0.05, 0.1) is 13.7 Å². The number of ether oxygens (including phenoxy) is 1. The van der Waals surface area contributed by atoms with Gasteiger partial charge in [-0.3, -0.25) is 9.78 Å². The molecule has 2 aromatic carbocycles. The van der Waals surface area contributed by atoms with Gasteiger partial charge in [-0.1, -0.05) is 24.3 Å². The standard InChI is InChI=1S/C24H22N4O2S/c1-30-21-9-10-22-18(13-21)12-19(23(29)27-22)16-28(15-17-6-5-11-25-14-17)24(31)26-20-7-3-2-4-8-20/h2-14H,15-16H2,1H3,(H,26,31)(H,27,29). The summed E-state index contributed by atoms with van der Waals surface area (Å²) in [5.41, 5.74) is 3.12. The molecule has 0 aliphatic heterocycles. The Hall–Kier alpha value is -3.71. The number of H-pyrrole nitrogens is 1. The van der Waals surface area contributed by atoms with Gasteiger partial charge in [-0.25, -0.2) is 0 Å². The fraction of sp³-hybridized carbons (Fsp3) is 0.125. The van der Waals surface area contributed by atoms with Crippen molar-refractivity contribution in [3.8, 4) is 5.75 Å². The van der Waals surface area contributed by atoms with E-state index < -0.39 is 0 Å². The molecule has 0 bridgehead atoms. The Morgan fingerprint density at radius 2 is 1.94 bits per heavy atom. The Labute approximate surface area is 185 Å². The molecule has 0 atom stereocenters. The van der Waals surface area contributed by atoms with Crippen LogP contribution < -0.4 is 15.6 Å². The maximum absolute atomic E-state index is 12.8. The molecule has 4 rings (SSSR count). The molecule has 31 heavy (non-hydrogen) atoms. The normalized spacial score (nSPS) is 10.6. The minimum atomic E-state index is -0.142. The predicted octanol–water partition coefficient (Wildman–Crippen LogP) is 4.33. The first-order chi connectivity index (χ1) is 15.1. The maximum atomic E-state index is 12.8. The van der Waals surface area contributed by atoms with Gasteiger partial charge in [0, 0.05) is 41.1 Å². The number of nitrogens with one attached hydrogen (secondary N) is 2.